The summed E-state index contributed by atoms with van der Waals surface area (Å²) in [6.07, 6.45) is 3.95. The topological polar surface area (TPSA) is 23.5 Å². The van der Waals surface area contributed by atoms with E-state index < -0.39 is 5.60 Å². The van der Waals surface area contributed by atoms with Gasteiger partial charge in [0.1, 0.15) is 0 Å². The van der Waals surface area contributed by atoms with E-state index in [1.807, 2.05) is 13.8 Å². The molecule has 0 radical (unpaired) electrons. The van der Waals surface area contributed by atoms with Crippen LogP contribution < -0.4 is 0 Å². The number of hydrogen-bond donors (Lipinski definition) is 1. The number of likely N-dealkylation sites (tertiary alicyclic amines) is 1. The van der Waals surface area contributed by atoms with E-state index in [2.05, 4.69) is 11.8 Å². The highest BCUT2D eigenvalue weighted by atomic mass is 16.3. The van der Waals surface area contributed by atoms with Crippen molar-refractivity contribution < 1.29 is 5.11 Å². The van der Waals surface area contributed by atoms with E-state index in [0.29, 0.717) is 0 Å². The van der Waals surface area contributed by atoms with Gasteiger partial charge < -0.3 is 10.0 Å². The van der Waals surface area contributed by atoms with Crippen LogP contribution >= 0.6 is 0 Å². The third-order valence-corrected chi connectivity index (χ3v) is 2.79. The van der Waals surface area contributed by atoms with Gasteiger partial charge in [-0.1, -0.05) is 13.3 Å². The Labute approximate surface area is 81.9 Å². The maximum absolute atomic E-state index is 9.69. The predicted molar refractivity (Wildman–Crippen MR) is 55.8 cm³/mol. The van der Waals surface area contributed by atoms with Gasteiger partial charge in [0.2, 0.25) is 0 Å². The second kappa shape index (κ2) is 4.43. The van der Waals surface area contributed by atoms with Gasteiger partial charge in [-0.15, -0.1) is 0 Å². The highest BCUT2D eigenvalue weighted by molar-refractivity contribution is 4.77. The molecular weight excluding hydrogens is 162 g/mol. The summed E-state index contributed by atoms with van der Waals surface area (Å²) < 4.78 is 0. The summed E-state index contributed by atoms with van der Waals surface area (Å²) >= 11 is 0. The molecule has 0 spiro atoms. The van der Waals surface area contributed by atoms with Crippen LogP contribution in [-0.4, -0.2) is 35.2 Å². The van der Waals surface area contributed by atoms with Crippen LogP contribution in [0.1, 0.15) is 40.0 Å². The Balaban J connectivity index is 2.34. The van der Waals surface area contributed by atoms with Crippen LogP contribution in [0.25, 0.3) is 0 Å². The molecule has 1 saturated heterocycles. The number of rotatable bonds is 3. The number of aliphatic hydroxyl groups is 1. The molecule has 0 aromatic carbocycles. The van der Waals surface area contributed by atoms with Gasteiger partial charge in [-0.05, 0) is 39.2 Å². The van der Waals surface area contributed by atoms with Crippen LogP contribution in [0, 0.1) is 5.92 Å². The minimum Gasteiger partial charge on any atom is -0.389 e. The number of hydrogen-bond acceptors (Lipinski definition) is 2. The van der Waals surface area contributed by atoms with Gasteiger partial charge in [0.05, 0.1) is 5.60 Å². The Bertz CT molecular complexity index is 151. The highest BCUT2D eigenvalue weighted by Crippen LogP contribution is 2.20. The standard InChI is InChI=1S/C11H23NO/c1-4-10-6-5-7-12(8-10)9-11(2,3)13/h10,13H,4-9H2,1-3H3. The second-order valence-corrected chi connectivity index (χ2v) is 4.96. The maximum atomic E-state index is 9.69. The highest BCUT2D eigenvalue weighted by Gasteiger charge is 2.23. The van der Waals surface area contributed by atoms with E-state index in [0.717, 1.165) is 12.5 Å². The van der Waals surface area contributed by atoms with Crippen molar-refractivity contribution in [1.29, 1.82) is 0 Å². The summed E-state index contributed by atoms with van der Waals surface area (Å²) in [5, 5.41) is 9.69. The monoisotopic (exact) mass is 185 g/mol. The molecule has 1 aliphatic heterocycles. The average molecular weight is 185 g/mol. The molecule has 0 aromatic rings. The quantitative estimate of drug-likeness (QED) is 0.725. The van der Waals surface area contributed by atoms with Crippen molar-refractivity contribution >= 4 is 0 Å². The van der Waals surface area contributed by atoms with E-state index in [9.17, 15) is 5.11 Å². The zero-order chi connectivity index (χ0) is 9.90. The molecule has 0 aliphatic carbocycles. The average Bonchev–Trinajstić information content (AvgIpc) is 2.01. The molecule has 1 unspecified atom stereocenters. The second-order valence-electron chi connectivity index (χ2n) is 4.96. The molecule has 13 heavy (non-hydrogen) atoms. The number of piperidine rings is 1. The molecule has 1 rings (SSSR count). The molecule has 0 amide bonds. The van der Waals surface area contributed by atoms with Crippen molar-refractivity contribution in [1.82, 2.24) is 4.90 Å². The van der Waals surface area contributed by atoms with Crippen molar-refractivity contribution in [3.63, 3.8) is 0 Å². The van der Waals surface area contributed by atoms with E-state index >= 15 is 0 Å². The summed E-state index contributed by atoms with van der Waals surface area (Å²) in [5.74, 6) is 0.857. The first-order valence-electron chi connectivity index (χ1n) is 5.46. The fourth-order valence-corrected chi connectivity index (χ4v) is 2.18. The van der Waals surface area contributed by atoms with E-state index in [-0.39, 0.29) is 0 Å². The summed E-state index contributed by atoms with van der Waals surface area (Å²) in [4.78, 5) is 2.40. The van der Waals surface area contributed by atoms with Gasteiger partial charge in [-0.25, -0.2) is 0 Å². The van der Waals surface area contributed by atoms with Gasteiger partial charge >= 0.3 is 0 Å². The fourth-order valence-electron chi connectivity index (χ4n) is 2.18. The van der Waals surface area contributed by atoms with Crippen LogP contribution in [0.3, 0.4) is 0 Å². The normalized spacial score (nSPS) is 26.3. The predicted octanol–water partition coefficient (Wildman–Crippen LogP) is 1.88. The van der Waals surface area contributed by atoms with Crippen molar-refractivity contribution in [2.24, 2.45) is 5.92 Å². The first-order valence-corrected chi connectivity index (χ1v) is 5.46. The molecule has 1 aliphatic rings. The Kier molecular flexibility index (Phi) is 3.74. The first-order chi connectivity index (χ1) is 6.01. The van der Waals surface area contributed by atoms with Gasteiger partial charge in [-0.2, -0.15) is 0 Å². The van der Waals surface area contributed by atoms with Crippen molar-refractivity contribution in [2.45, 2.75) is 45.6 Å². The van der Waals surface area contributed by atoms with Crippen molar-refractivity contribution in [3.8, 4) is 0 Å². The maximum Gasteiger partial charge on any atom is 0.0718 e. The molecular formula is C11H23NO. The molecule has 2 nitrogen and oxygen atoms in total. The van der Waals surface area contributed by atoms with Gasteiger partial charge in [0, 0.05) is 13.1 Å². The van der Waals surface area contributed by atoms with Gasteiger partial charge in [-0.3, -0.25) is 0 Å². The van der Waals surface area contributed by atoms with Gasteiger partial charge in [0.15, 0.2) is 0 Å². The summed E-state index contributed by atoms with van der Waals surface area (Å²) in [7, 11) is 0. The number of nitrogens with zero attached hydrogens (tertiary/aromatic N) is 1. The minimum absolute atomic E-state index is 0.532. The molecule has 0 aromatic heterocycles. The van der Waals surface area contributed by atoms with Gasteiger partial charge in [0.25, 0.3) is 0 Å². The lowest BCUT2D eigenvalue weighted by Crippen LogP contribution is -2.43. The largest absolute Gasteiger partial charge is 0.389 e. The lowest BCUT2D eigenvalue weighted by Gasteiger charge is -2.35. The van der Waals surface area contributed by atoms with Crippen LogP contribution in [0.4, 0.5) is 0 Å². The van der Waals surface area contributed by atoms with E-state index in [4.69, 9.17) is 0 Å². The third kappa shape index (κ3) is 4.10. The zero-order valence-corrected chi connectivity index (χ0v) is 9.21. The molecule has 0 bridgehead atoms. The Morgan fingerprint density at radius 3 is 2.69 bits per heavy atom. The Morgan fingerprint density at radius 1 is 1.46 bits per heavy atom. The third-order valence-electron chi connectivity index (χ3n) is 2.79. The van der Waals surface area contributed by atoms with E-state index in [1.54, 1.807) is 0 Å². The molecule has 1 atom stereocenters. The lowest BCUT2D eigenvalue weighted by molar-refractivity contribution is 0.0213. The van der Waals surface area contributed by atoms with Crippen molar-refractivity contribution in [3.05, 3.63) is 0 Å². The molecule has 0 saturated carbocycles. The van der Waals surface area contributed by atoms with Crippen molar-refractivity contribution in [2.75, 3.05) is 19.6 Å². The molecule has 1 N–H and O–H groups in total. The number of β-amino-alcohol motifs (C(OH)–C–C–N with tert-alkyl or cyclic N) is 1. The summed E-state index contributed by atoms with van der Waals surface area (Å²) in [5.41, 5.74) is -0.532. The first kappa shape index (κ1) is 11.0. The summed E-state index contributed by atoms with van der Waals surface area (Å²) in [6, 6.07) is 0. The SMILES string of the molecule is CCC1CCCN(CC(C)(C)O)C1. The fraction of sp³-hybridized carbons (Fsp3) is 1.00. The Morgan fingerprint density at radius 2 is 2.15 bits per heavy atom. The van der Waals surface area contributed by atoms with Crippen LogP contribution in [0.2, 0.25) is 0 Å². The minimum atomic E-state index is -0.532. The molecule has 1 fully saturated rings. The van der Waals surface area contributed by atoms with E-state index in [1.165, 1.54) is 32.4 Å². The van der Waals surface area contributed by atoms with Crippen LogP contribution in [-0.2, 0) is 0 Å². The van der Waals surface area contributed by atoms with Crippen LogP contribution in [0.5, 0.6) is 0 Å². The molecule has 1 heterocycles. The summed E-state index contributed by atoms with van der Waals surface area (Å²) in [6.45, 7) is 9.22. The zero-order valence-electron chi connectivity index (χ0n) is 9.21. The molecule has 78 valence electrons. The Hall–Kier alpha value is -0.0800. The smallest absolute Gasteiger partial charge is 0.0718 e. The van der Waals surface area contributed by atoms with Crippen LogP contribution in [0.15, 0.2) is 0 Å². The lowest BCUT2D eigenvalue weighted by atomic mass is 9.94. The molecule has 2 heteroatoms.